The second-order valence-corrected chi connectivity index (χ2v) is 5.09. The fourth-order valence-corrected chi connectivity index (χ4v) is 2.88. The van der Waals surface area contributed by atoms with Gasteiger partial charge in [0.05, 0.1) is 6.20 Å². The predicted octanol–water partition coefficient (Wildman–Crippen LogP) is 3.60. The summed E-state index contributed by atoms with van der Waals surface area (Å²) in [4.78, 5) is 0. The summed E-state index contributed by atoms with van der Waals surface area (Å²) in [6.07, 6.45) is 7.58. The van der Waals surface area contributed by atoms with Gasteiger partial charge in [0, 0.05) is 11.6 Å². The van der Waals surface area contributed by atoms with Crippen LogP contribution in [0.3, 0.4) is 0 Å². The molecule has 0 bridgehead atoms. The molecular weight excluding hydrogens is 227 g/mol. The van der Waals surface area contributed by atoms with E-state index in [4.69, 9.17) is 0 Å². The van der Waals surface area contributed by atoms with Crippen molar-refractivity contribution in [2.24, 2.45) is 0 Å². The molecule has 0 saturated carbocycles. The summed E-state index contributed by atoms with van der Waals surface area (Å²) < 4.78 is 13.2. The Labute approximate surface area is 106 Å². The SMILES string of the molecule is Fc1cccc(C[C@H]2CCCCc3cn[nH]c32)c1. The molecule has 1 aromatic carbocycles. The number of halogens is 1. The van der Waals surface area contributed by atoms with Gasteiger partial charge in [-0.3, -0.25) is 5.10 Å². The Balaban J connectivity index is 1.85. The summed E-state index contributed by atoms with van der Waals surface area (Å²) >= 11 is 0. The minimum Gasteiger partial charge on any atom is -0.282 e. The van der Waals surface area contributed by atoms with Crippen molar-refractivity contribution in [1.82, 2.24) is 10.2 Å². The number of hydrogen-bond donors (Lipinski definition) is 1. The van der Waals surface area contributed by atoms with Crippen molar-refractivity contribution in [3.63, 3.8) is 0 Å². The lowest BCUT2D eigenvalue weighted by molar-refractivity contribution is 0.574. The summed E-state index contributed by atoms with van der Waals surface area (Å²) in [5, 5.41) is 7.29. The molecule has 1 aliphatic rings. The minimum absolute atomic E-state index is 0.147. The number of H-pyrrole nitrogens is 1. The maximum atomic E-state index is 13.2. The van der Waals surface area contributed by atoms with Crippen LogP contribution in [0.5, 0.6) is 0 Å². The predicted molar refractivity (Wildman–Crippen MR) is 69.0 cm³/mol. The molecule has 1 atom stereocenters. The van der Waals surface area contributed by atoms with Crippen LogP contribution in [0.15, 0.2) is 30.5 Å². The molecule has 1 heterocycles. The van der Waals surface area contributed by atoms with Gasteiger partial charge in [-0.05, 0) is 48.9 Å². The van der Waals surface area contributed by atoms with Crippen LogP contribution < -0.4 is 0 Å². The molecule has 0 fully saturated rings. The molecule has 94 valence electrons. The quantitative estimate of drug-likeness (QED) is 0.803. The van der Waals surface area contributed by atoms with Gasteiger partial charge in [0.2, 0.25) is 0 Å². The number of aromatic amines is 1. The van der Waals surface area contributed by atoms with Crippen molar-refractivity contribution < 1.29 is 4.39 Å². The third-order valence-corrected chi connectivity index (χ3v) is 3.78. The Morgan fingerprint density at radius 2 is 2.28 bits per heavy atom. The number of benzene rings is 1. The van der Waals surface area contributed by atoms with Crippen molar-refractivity contribution in [1.29, 1.82) is 0 Å². The maximum absolute atomic E-state index is 13.2. The molecule has 2 nitrogen and oxygen atoms in total. The van der Waals surface area contributed by atoms with Gasteiger partial charge in [-0.25, -0.2) is 4.39 Å². The highest BCUT2D eigenvalue weighted by molar-refractivity contribution is 5.26. The van der Waals surface area contributed by atoms with Gasteiger partial charge in [0.1, 0.15) is 5.82 Å². The van der Waals surface area contributed by atoms with Crippen LogP contribution in [-0.4, -0.2) is 10.2 Å². The summed E-state index contributed by atoms with van der Waals surface area (Å²) in [6.45, 7) is 0. The molecule has 0 spiro atoms. The summed E-state index contributed by atoms with van der Waals surface area (Å²) in [6, 6.07) is 6.93. The van der Waals surface area contributed by atoms with Crippen LogP contribution in [-0.2, 0) is 12.8 Å². The summed E-state index contributed by atoms with van der Waals surface area (Å²) in [5.41, 5.74) is 3.67. The molecule has 1 aliphatic carbocycles. The normalized spacial score (nSPS) is 19.3. The molecule has 18 heavy (non-hydrogen) atoms. The molecule has 2 aromatic rings. The van der Waals surface area contributed by atoms with Crippen LogP contribution >= 0.6 is 0 Å². The van der Waals surface area contributed by atoms with Crippen molar-refractivity contribution in [3.8, 4) is 0 Å². The van der Waals surface area contributed by atoms with Gasteiger partial charge >= 0.3 is 0 Å². The molecule has 1 N–H and O–H groups in total. The molecule has 0 unspecified atom stereocenters. The van der Waals surface area contributed by atoms with Crippen molar-refractivity contribution in [3.05, 3.63) is 53.1 Å². The fourth-order valence-electron chi connectivity index (χ4n) is 2.88. The van der Waals surface area contributed by atoms with Crippen molar-refractivity contribution in [2.45, 2.75) is 38.0 Å². The van der Waals surface area contributed by atoms with Crippen LogP contribution in [0.2, 0.25) is 0 Å². The van der Waals surface area contributed by atoms with Crippen molar-refractivity contribution >= 4 is 0 Å². The zero-order valence-electron chi connectivity index (χ0n) is 10.3. The van der Waals surface area contributed by atoms with Gasteiger partial charge in [-0.15, -0.1) is 0 Å². The van der Waals surface area contributed by atoms with E-state index in [1.165, 1.54) is 30.2 Å². The zero-order chi connectivity index (χ0) is 12.4. The Bertz CT molecular complexity index is 533. The Kier molecular flexibility index (Phi) is 3.13. The molecule has 0 saturated heterocycles. The number of hydrogen-bond acceptors (Lipinski definition) is 1. The van der Waals surface area contributed by atoms with E-state index in [2.05, 4.69) is 10.2 Å². The van der Waals surface area contributed by atoms with E-state index in [9.17, 15) is 4.39 Å². The van der Waals surface area contributed by atoms with E-state index in [0.717, 1.165) is 24.8 Å². The standard InChI is InChI=1S/C15H17FN2/c16-14-7-3-4-11(9-14)8-12-5-1-2-6-13-10-17-18-15(12)13/h3-4,7,9-10,12H,1-2,5-6,8H2,(H,17,18)/t12-/m1/s1. The average Bonchev–Trinajstić information content (AvgIpc) is 2.74. The van der Waals surface area contributed by atoms with Gasteiger partial charge in [0.25, 0.3) is 0 Å². The van der Waals surface area contributed by atoms with Gasteiger partial charge in [0.15, 0.2) is 0 Å². The Morgan fingerprint density at radius 3 is 3.17 bits per heavy atom. The highest BCUT2D eigenvalue weighted by Gasteiger charge is 2.20. The lowest BCUT2D eigenvalue weighted by Crippen LogP contribution is -2.04. The van der Waals surface area contributed by atoms with E-state index in [1.54, 1.807) is 12.1 Å². The third kappa shape index (κ3) is 2.30. The largest absolute Gasteiger partial charge is 0.282 e. The maximum Gasteiger partial charge on any atom is 0.123 e. The number of nitrogens with one attached hydrogen (secondary N) is 1. The molecule has 0 amide bonds. The first-order valence-corrected chi connectivity index (χ1v) is 6.59. The fraction of sp³-hybridized carbons (Fsp3) is 0.400. The topological polar surface area (TPSA) is 28.7 Å². The van der Waals surface area contributed by atoms with E-state index in [-0.39, 0.29) is 5.82 Å². The van der Waals surface area contributed by atoms with E-state index >= 15 is 0 Å². The second-order valence-electron chi connectivity index (χ2n) is 5.09. The smallest absolute Gasteiger partial charge is 0.123 e. The summed E-state index contributed by atoms with van der Waals surface area (Å²) in [7, 11) is 0. The number of rotatable bonds is 2. The molecule has 3 rings (SSSR count). The molecule has 3 heteroatoms. The van der Waals surface area contributed by atoms with E-state index in [1.807, 2.05) is 12.3 Å². The third-order valence-electron chi connectivity index (χ3n) is 3.78. The number of nitrogens with zero attached hydrogens (tertiary/aromatic N) is 1. The lowest BCUT2D eigenvalue weighted by atomic mass is 9.92. The van der Waals surface area contributed by atoms with Gasteiger partial charge in [-0.2, -0.15) is 5.10 Å². The number of fused-ring (bicyclic) bond motifs is 1. The number of aromatic nitrogens is 2. The molecule has 0 aliphatic heterocycles. The molecule has 1 aromatic heterocycles. The highest BCUT2D eigenvalue weighted by Crippen LogP contribution is 2.31. The van der Waals surface area contributed by atoms with E-state index < -0.39 is 0 Å². The van der Waals surface area contributed by atoms with Gasteiger partial charge in [-0.1, -0.05) is 18.6 Å². The highest BCUT2D eigenvalue weighted by atomic mass is 19.1. The number of aryl methyl sites for hydroxylation is 1. The van der Waals surface area contributed by atoms with Crippen LogP contribution in [0.4, 0.5) is 4.39 Å². The summed E-state index contributed by atoms with van der Waals surface area (Å²) in [5.74, 6) is 0.303. The van der Waals surface area contributed by atoms with E-state index in [0.29, 0.717) is 5.92 Å². The van der Waals surface area contributed by atoms with Crippen LogP contribution in [0.25, 0.3) is 0 Å². The lowest BCUT2D eigenvalue weighted by Gasteiger charge is -2.14. The molecule has 0 radical (unpaired) electrons. The van der Waals surface area contributed by atoms with Crippen LogP contribution in [0.1, 0.15) is 42.0 Å². The Hall–Kier alpha value is -1.64. The first-order valence-electron chi connectivity index (χ1n) is 6.59. The second kappa shape index (κ2) is 4.92. The first-order chi connectivity index (χ1) is 8.83. The average molecular weight is 244 g/mol. The zero-order valence-corrected chi connectivity index (χ0v) is 10.3. The van der Waals surface area contributed by atoms with Crippen molar-refractivity contribution in [2.75, 3.05) is 0 Å². The Morgan fingerprint density at radius 1 is 1.33 bits per heavy atom. The first kappa shape index (κ1) is 11.5. The molecular formula is C15H17FN2. The minimum atomic E-state index is -0.147. The monoisotopic (exact) mass is 244 g/mol. The van der Waals surface area contributed by atoms with Crippen LogP contribution in [0, 0.1) is 5.82 Å². The van der Waals surface area contributed by atoms with Gasteiger partial charge < -0.3 is 0 Å².